The summed E-state index contributed by atoms with van der Waals surface area (Å²) >= 11 is 0. The second-order valence-corrected chi connectivity index (χ2v) is 4.90. The van der Waals surface area contributed by atoms with Crippen LogP contribution in [-0.2, 0) is 6.54 Å². The molecule has 0 saturated carbocycles. The SMILES string of the molecule is CCNC(=NCc1ccccc1C)NCC(C)C. The molecule has 0 atom stereocenters. The van der Waals surface area contributed by atoms with E-state index >= 15 is 0 Å². The lowest BCUT2D eigenvalue weighted by atomic mass is 10.1. The van der Waals surface area contributed by atoms with Gasteiger partial charge in [0.25, 0.3) is 0 Å². The topological polar surface area (TPSA) is 36.4 Å². The van der Waals surface area contributed by atoms with Gasteiger partial charge in [-0.05, 0) is 30.9 Å². The summed E-state index contributed by atoms with van der Waals surface area (Å²) in [5.74, 6) is 1.52. The van der Waals surface area contributed by atoms with E-state index in [1.165, 1.54) is 11.1 Å². The van der Waals surface area contributed by atoms with Gasteiger partial charge in [0, 0.05) is 13.1 Å². The van der Waals surface area contributed by atoms with E-state index in [9.17, 15) is 0 Å². The highest BCUT2D eigenvalue weighted by molar-refractivity contribution is 5.79. The molecule has 1 aromatic rings. The maximum Gasteiger partial charge on any atom is 0.191 e. The summed E-state index contributed by atoms with van der Waals surface area (Å²) in [5, 5.41) is 6.62. The van der Waals surface area contributed by atoms with Crippen LogP contribution in [-0.4, -0.2) is 19.0 Å². The molecular weight excluding hydrogens is 222 g/mol. The minimum atomic E-state index is 0.618. The van der Waals surface area contributed by atoms with Crippen molar-refractivity contribution in [1.82, 2.24) is 10.6 Å². The molecule has 0 bridgehead atoms. The van der Waals surface area contributed by atoms with Gasteiger partial charge in [-0.25, -0.2) is 4.99 Å². The normalized spacial score (nSPS) is 11.7. The summed E-state index contributed by atoms with van der Waals surface area (Å²) in [4.78, 5) is 4.61. The zero-order valence-electron chi connectivity index (χ0n) is 12.0. The van der Waals surface area contributed by atoms with E-state index < -0.39 is 0 Å². The van der Waals surface area contributed by atoms with Crippen LogP contribution >= 0.6 is 0 Å². The summed E-state index contributed by atoms with van der Waals surface area (Å²) in [6.45, 7) is 11.1. The number of hydrogen-bond acceptors (Lipinski definition) is 1. The summed E-state index contributed by atoms with van der Waals surface area (Å²) in [6, 6.07) is 8.38. The Hall–Kier alpha value is -1.51. The first-order valence-electron chi connectivity index (χ1n) is 6.70. The Morgan fingerprint density at radius 2 is 1.94 bits per heavy atom. The molecule has 1 rings (SSSR count). The number of guanidine groups is 1. The molecule has 100 valence electrons. The molecule has 0 amide bonds. The quantitative estimate of drug-likeness (QED) is 0.620. The van der Waals surface area contributed by atoms with Gasteiger partial charge in [-0.1, -0.05) is 38.1 Å². The fraction of sp³-hybridized carbons (Fsp3) is 0.533. The van der Waals surface area contributed by atoms with Gasteiger partial charge in [0.1, 0.15) is 0 Å². The molecule has 18 heavy (non-hydrogen) atoms. The molecule has 1 aromatic carbocycles. The Balaban J connectivity index is 2.62. The van der Waals surface area contributed by atoms with Crippen LogP contribution in [0.5, 0.6) is 0 Å². The Labute approximate surface area is 111 Å². The molecule has 0 heterocycles. The van der Waals surface area contributed by atoms with E-state index in [2.05, 4.69) is 67.6 Å². The molecule has 0 aromatic heterocycles. The molecular formula is C15H25N3. The van der Waals surface area contributed by atoms with Crippen molar-refractivity contribution >= 4 is 5.96 Å². The van der Waals surface area contributed by atoms with Gasteiger partial charge in [0.05, 0.1) is 6.54 Å². The highest BCUT2D eigenvalue weighted by atomic mass is 15.2. The Morgan fingerprint density at radius 1 is 1.22 bits per heavy atom. The molecule has 0 aliphatic heterocycles. The molecule has 3 nitrogen and oxygen atoms in total. The van der Waals surface area contributed by atoms with Crippen molar-refractivity contribution in [2.75, 3.05) is 13.1 Å². The summed E-state index contributed by atoms with van der Waals surface area (Å²) in [7, 11) is 0. The fourth-order valence-electron chi connectivity index (χ4n) is 1.59. The lowest BCUT2D eigenvalue weighted by Gasteiger charge is -2.13. The van der Waals surface area contributed by atoms with E-state index in [0.29, 0.717) is 5.92 Å². The minimum Gasteiger partial charge on any atom is -0.357 e. The molecule has 0 saturated heterocycles. The van der Waals surface area contributed by atoms with E-state index in [1.807, 2.05) is 0 Å². The first kappa shape index (κ1) is 14.6. The van der Waals surface area contributed by atoms with Crippen molar-refractivity contribution in [3.05, 3.63) is 35.4 Å². The average Bonchev–Trinajstić information content (AvgIpc) is 2.34. The van der Waals surface area contributed by atoms with Gasteiger partial charge in [0.15, 0.2) is 5.96 Å². The average molecular weight is 247 g/mol. The summed E-state index contributed by atoms with van der Waals surface area (Å²) in [5.41, 5.74) is 2.57. The van der Waals surface area contributed by atoms with Crippen LogP contribution in [0.15, 0.2) is 29.3 Å². The van der Waals surface area contributed by atoms with Crippen molar-refractivity contribution in [3.8, 4) is 0 Å². The monoisotopic (exact) mass is 247 g/mol. The number of rotatable bonds is 5. The van der Waals surface area contributed by atoms with Gasteiger partial charge < -0.3 is 10.6 Å². The highest BCUT2D eigenvalue weighted by Gasteiger charge is 2.00. The Bertz CT molecular complexity index is 383. The molecule has 0 aliphatic carbocycles. The maximum absolute atomic E-state index is 4.61. The third-order valence-electron chi connectivity index (χ3n) is 2.69. The molecule has 3 heteroatoms. The number of nitrogens with zero attached hydrogens (tertiary/aromatic N) is 1. The molecule has 0 fully saturated rings. The molecule has 0 radical (unpaired) electrons. The molecule has 0 unspecified atom stereocenters. The van der Waals surface area contributed by atoms with Gasteiger partial charge in [-0.2, -0.15) is 0 Å². The van der Waals surface area contributed by atoms with Crippen molar-refractivity contribution in [1.29, 1.82) is 0 Å². The second kappa shape index (κ2) is 7.75. The predicted octanol–water partition coefficient (Wildman–Crippen LogP) is 2.71. The van der Waals surface area contributed by atoms with Crippen LogP contribution in [0.4, 0.5) is 0 Å². The minimum absolute atomic E-state index is 0.618. The molecule has 0 aliphatic rings. The summed E-state index contributed by atoms with van der Waals surface area (Å²) < 4.78 is 0. The zero-order chi connectivity index (χ0) is 13.4. The van der Waals surface area contributed by atoms with Gasteiger partial charge >= 0.3 is 0 Å². The number of aryl methyl sites for hydroxylation is 1. The lowest BCUT2D eigenvalue weighted by Crippen LogP contribution is -2.39. The number of nitrogens with one attached hydrogen (secondary N) is 2. The fourth-order valence-corrected chi connectivity index (χ4v) is 1.59. The van der Waals surface area contributed by atoms with Crippen molar-refractivity contribution in [2.45, 2.75) is 34.2 Å². The van der Waals surface area contributed by atoms with Crippen LogP contribution in [0.2, 0.25) is 0 Å². The zero-order valence-corrected chi connectivity index (χ0v) is 12.0. The standard InChI is InChI=1S/C15H25N3/c1-5-16-15(17-10-12(2)3)18-11-14-9-7-6-8-13(14)4/h6-9,12H,5,10-11H2,1-4H3,(H2,16,17,18). The third-order valence-corrected chi connectivity index (χ3v) is 2.69. The Morgan fingerprint density at radius 3 is 2.56 bits per heavy atom. The van der Waals surface area contributed by atoms with Crippen LogP contribution in [0.25, 0.3) is 0 Å². The molecule has 0 spiro atoms. The predicted molar refractivity (Wildman–Crippen MR) is 78.8 cm³/mol. The van der Waals surface area contributed by atoms with Gasteiger partial charge in [-0.15, -0.1) is 0 Å². The van der Waals surface area contributed by atoms with Crippen LogP contribution in [0, 0.1) is 12.8 Å². The van der Waals surface area contributed by atoms with Gasteiger partial charge in [-0.3, -0.25) is 0 Å². The number of aliphatic imine (C=N–C) groups is 1. The Kier molecular flexibility index (Phi) is 6.26. The third kappa shape index (κ3) is 5.21. The van der Waals surface area contributed by atoms with Gasteiger partial charge in [0.2, 0.25) is 0 Å². The largest absolute Gasteiger partial charge is 0.357 e. The van der Waals surface area contributed by atoms with Crippen molar-refractivity contribution in [3.63, 3.8) is 0 Å². The lowest BCUT2D eigenvalue weighted by molar-refractivity contribution is 0.615. The second-order valence-electron chi connectivity index (χ2n) is 4.90. The number of hydrogen-bond donors (Lipinski definition) is 2. The van der Waals surface area contributed by atoms with E-state index in [1.54, 1.807) is 0 Å². The smallest absolute Gasteiger partial charge is 0.191 e. The van der Waals surface area contributed by atoms with Crippen LogP contribution < -0.4 is 10.6 Å². The highest BCUT2D eigenvalue weighted by Crippen LogP contribution is 2.07. The van der Waals surface area contributed by atoms with Crippen LogP contribution in [0.1, 0.15) is 31.9 Å². The van der Waals surface area contributed by atoms with Crippen LogP contribution in [0.3, 0.4) is 0 Å². The first-order chi connectivity index (χ1) is 8.63. The molecule has 2 N–H and O–H groups in total. The van der Waals surface area contributed by atoms with Crippen molar-refractivity contribution < 1.29 is 0 Å². The van der Waals surface area contributed by atoms with Crippen molar-refractivity contribution in [2.24, 2.45) is 10.9 Å². The first-order valence-corrected chi connectivity index (χ1v) is 6.70. The van der Waals surface area contributed by atoms with E-state index in [0.717, 1.165) is 25.6 Å². The van der Waals surface area contributed by atoms with E-state index in [-0.39, 0.29) is 0 Å². The van der Waals surface area contributed by atoms with E-state index in [4.69, 9.17) is 0 Å². The summed E-state index contributed by atoms with van der Waals surface area (Å²) in [6.07, 6.45) is 0. The maximum atomic E-state index is 4.61. The number of benzene rings is 1.